The Morgan fingerprint density at radius 2 is 1.88 bits per heavy atom. The van der Waals surface area contributed by atoms with E-state index < -0.39 is 0 Å². The number of ketones is 1. The molecule has 0 saturated heterocycles. The zero-order chi connectivity index (χ0) is 24.1. The SMILES string of the molecule is [CH2]CC(Cc1ccc(-c2cn(C)c(C(C)=O)n2)cc1)NC(=O)c1ccc(OC(C)C)c(Cl)c1. The molecule has 0 aliphatic heterocycles. The van der Waals surface area contributed by atoms with Gasteiger partial charge in [-0.3, -0.25) is 9.59 Å². The lowest BCUT2D eigenvalue weighted by molar-refractivity contribution is 0.0936. The van der Waals surface area contributed by atoms with Crippen molar-refractivity contribution in [2.45, 2.75) is 45.8 Å². The van der Waals surface area contributed by atoms with Crippen LogP contribution in [-0.2, 0) is 13.5 Å². The summed E-state index contributed by atoms with van der Waals surface area (Å²) in [4.78, 5) is 28.8. The van der Waals surface area contributed by atoms with Gasteiger partial charge in [0.25, 0.3) is 5.91 Å². The molecule has 0 bridgehead atoms. The van der Waals surface area contributed by atoms with E-state index in [4.69, 9.17) is 16.3 Å². The molecular formula is C26H29ClN3O3. The molecule has 2 aromatic carbocycles. The number of aromatic nitrogens is 2. The molecule has 0 aliphatic carbocycles. The van der Waals surface area contributed by atoms with E-state index in [1.165, 1.54) is 6.92 Å². The first kappa shape index (κ1) is 24.5. The highest BCUT2D eigenvalue weighted by atomic mass is 35.5. The number of halogens is 1. The van der Waals surface area contributed by atoms with Gasteiger partial charge in [-0.05, 0) is 50.5 Å². The summed E-state index contributed by atoms with van der Waals surface area (Å²) < 4.78 is 7.36. The van der Waals surface area contributed by atoms with Crippen LogP contribution in [0.1, 0.15) is 53.7 Å². The second-order valence-electron chi connectivity index (χ2n) is 8.29. The molecule has 6 nitrogen and oxygen atoms in total. The highest BCUT2D eigenvalue weighted by molar-refractivity contribution is 6.32. The van der Waals surface area contributed by atoms with Crippen LogP contribution in [0.4, 0.5) is 0 Å². The van der Waals surface area contributed by atoms with E-state index in [-0.39, 0.29) is 23.8 Å². The average Bonchev–Trinajstić information content (AvgIpc) is 3.16. The Morgan fingerprint density at radius 1 is 1.18 bits per heavy atom. The molecule has 7 heteroatoms. The maximum Gasteiger partial charge on any atom is 0.251 e. The molecule has 0 spiro atoms. The average molecular weight is 467 g/mol. The zero-order valence-corrected chi connectivity index (χ0v) is 20.1. The molecule has 3 aromatic rings. The number of carbonyl (C=O) groups excluding carboxylic acids is 2. The number of rotatable bonds is 9. The van der Waals surface area contributed by atoms with Gasteiger partial charge in [-0.2, -0.15) is 0 Å². The Balaban J connectivity index is 1.66. The number of nitrogens with zero attached hydrogens (tertiary/aromatic N) is 2. The summed E-state index contributed by atoms with van der Waals surface area (Å²) >= 11 is 6.27. The van der Waals surface area contributed by atoms with E-state index >= 15 is 0 Å². The smallest absolute Gasteiger partial charge is 0.251 e. The Morgan fingerprint density at radius 3 is 2.42 bits per heavy atom. The topological polar surface area (TPSA) is 73.2 Å². The molecule has 1 unspecified atom stereocenters. The first-order chi connectivity index (χ1) is 15.7. The number of benzene rings is 2. The van der Waals surface area contributed by atoms with Gasteiger partial charge in [-0.1, -0.05) is 42.8 Å². The van der Waals surface area contributed by atoms with Crippen molar-refractivity contribution in [3.05, 3.63) is 77.6 Å². The van der Waals surface area contributed by atoms with Gasteiger partial charge < -0.3 is 14.6 Å². The molecule has 1 N–H and O–H groups in total. The Bertz CT molecular complexity index is 1140. The van der Waals surface area contributed by atoms with E-state index in [2.05, 4.69) is 17.2 Å². The number of carbonyl (C=O) groups is 2. The highest BCUT2D eigenvalue weighted by Crippen LogP contribution is 2.26. The normalized spacial score (nSPS) is 12.0. The van der Waals surface area contributed by atoms with Crippen LogP contribution in [0.15, 0.2) is 48.7 Å². The third-order valence-electron chi connectivity index (χ3n) is 5.16. The summed E-state index contributed by atoms with van der Waals surface area (Å²) in [6, 6.07) is 12.8. The molecule has 0 aliphatic rings. The first-order valence-corrected chi connectivity index (χ1v) is 11.3. The molecule has 1 amide bonds. The summed E-state index contributed by atoms with van der Waals surface area (Å²) in [7, 11) is 1.81. The number of aryl methyl sites for hydroxylation is 1. The van der Waals surface area contributed by atoms with Crippen molar-refractivity contribution in [1.29, 1.82) is 0 Å². The summed E-state index contributed by atoms with van der Waals surface area (Å²) in [6.07, 6.45) is 3.02. The molecule has 1 radical (unpaired) electrons. The van der Waals surface area contributed by atoms with E-state index in [1.54, 1.807) is 29.8 Å². The summed E-state index contributed by atoms with van der Waals surface area (Å²) in [6.45, 7) is 9.32. The van der Waals surface area contributed by atoms with Crippen LogP contribution >= 0.6 is 11.6 Å². The molecule has 0 fully saturated rings. The van der Waals surface area contributed by atoms with Crippen LogP contribution in [0.2, 0.25) is 5.02 Å². The van der Waals surface area contributed by atoms with Crippen molar-refractivity contribution in [3.8, 4) is 17.0 Å². The molecule has 1 atom stereocenters. The van der Waals surface area contributed by atoms with Gasteiger partial charge in [-0.25, -0.2) is 4.98 Å². The summed E-state index contributed by atoms with van der Waals surface area (Å²) in [5.41, 5.74) is 3.21. The highest BCUT2D eigenvalue weighted by Gasteiger charge is 2.16. The standard InChI is InChI=1S/C26H29ClN3O3/c1-6-21(28-26(32)20-11-12-24(22(27)14-20)33-16(2)3)13-18-7-9-19(10-8-18)23-15-30(5)25(29-23)17(4)31/h7-12,14-16,21H,1,6,13H2,2-5H3,(H,28,32). The Hall–Kier alpha value is -3.12. The maximum absolute atomic E-state index is 12.7. The van der Waals surface area contributed by atoms with Gasteiger partial charge in [0.1, 0.15) is 5.75 Å². The van der Waals surface area contributed by atoms with Gasteiger partial charge in [0.2, 0.25) is 0 Å². The predicted molar refractivity (Wildman–Crippen MR) is 131 cm³/mol. The molecule has 173 valence electrons. The fourth-order valence-corrected chi connectivity index (χ4v) is 3.74. The second-order valence-corrected chi connectivity index (χ2v) is 8.70. The third-order valence-corrected chi connectivity index (χ3v) is 5.46. The Labute approximate surface area is 199 Å². The van der Waals surface area contributed by atoms with Crippen LogP contribution in [0.5, 0.6) is 5.75 Å². The molecule has 1 heterocycles. The summed E-state index contributed by atoms with van der Waals surface area (Å²) in [5.74, 6) is 0.708. The van der Waals surface area contributed by atoms with Crippen LogP contribution < -0.4 is 10.1 Å². The molecule has 3 rings (SSSR count). The monoisotopic (exact) mass is 466 g/mol. The lowest BCUT2D eigenvalue weighted by Gasteiger charge is -2.18. The predicted octanol–water partition coefficient (Wildman–Crippen LogP) is 5.30. The lowest BCUT2D eigenvalue weighted by Crippen LogP contribution is -2.36. The van der Waals surface area contributed by atoms with Crippen molar-refractivity contribution >= 4 is 23.3 Å². The van der Waals surface area contributed by atoms with Crippen molar-refractivity contribution in [2.75, 3.05) is 0 Å². The lowest BCUT2D eigenvalue weighted by atomic mass is 10.0. The third kappa shape index (κ3) is 6.23. The zero-order valence-electron chi connectivity index (χ0n) is 19.4. The number of hydrogen-bond donors (Lipinski definition) is 1. The van der Waals surface area contributed by atoms with Crippen molar-refractivity contribution in [1.82, 2.24) is 14.9 Å². The van der Waals surface area contributed by atoms with Gasteiger partial charge in [0, 0.05) is 37.3 Å². The number of ether oxygens (including phenoxy) is 1. The minimum absolute atomic E-state index is 0.00188. The fourth-order valence-electron chi connectivity index (χ4n) is 3.51. The molecular weight excluding hydrogens is 438 g/mol. The van der Waals surface area contributed by atoms with Crippen LogP contribution in [0.25, 0.3) is 11.3 Å². The quantitative estimate of drug-likeness (QED) is 0.434. The largest absolute Gasteiger partial charge is 0.489 e. The number of Topliss-reactive ketones (excluding diaryl/α,β-unsaturated/α-hetero) is 1. The van der Waals surface area contributed by atoms with Crippen molar-refractivity contribution < 1.29 is 14.3 Å². The maximum atomic E-state index is 12.7. The number of hydrogen-bond acceptors (Lipinski definition) is 4. The fraction of sp³-hybridized carbons (Fsp3) is 0.308. The number of nitrogens with one attached hydrogen (secondary N) is 1. The van der Waals surface area contributed by atoms with Crippen LogP contribution in [0.3, 0.4) is 0 Å². The van der Waals surface area contributed by atoms with Gasteiger partial charge in [0.05, 0.1) is 16.8 Å². The van der Waals surface area contributed by atoms with Crippen molar-refractivity contribution in [2.24, 2.45) is 7.05 Å². The van der Waals surface area contributed by atoms with Gasteiger partial charge >= 0.3 is 0 Å². The van der Waals surface area contributed by atoms with E-state index in [0.29, 0.717) is 35.0 Å². The molecule has 1 aromatic heterocycles. The molecule has 0 saturated carbocycles. The van der Waals surface area contributed by atoms with Crippen LogP contribution in [0, 0.1) is 6.92 Å². The second kappa shape index (κ2) is 10.7. The Kier molecular flexibility index (Phi) is 7.92. The minimum Gasteiger partial charge on any atom is -0.489 e. The van der Waals surface area contributed by atoms with E-state index in [9.17, 15) is 9.59 Å². The minimum atomic E-state index is -0.205. The number of amides is 1. The van der Waals surface area contributed by atoms with Crippen LogP contribution in [-0.4, -0.2) is 33.4 Å². The van der Waals surface area contributed by atoms with E-state index in [0.717, 1.165) is 16.8 Å². The number of imidazole rings is 1. The molecule has 33 heavy (non-hydrogen) atoms. The van der Waals surface area contributed by atoms with Gasteiger partial charge in [-0.15, -0.1) is 0 Å². The van der Waals surface area contributed by atoms with Gasteiger partial charge in [0.15, 0.2) is 11.6 Å². The summed E-state index contributed by atoms with van der Waals surface area (Å²) in [5, 5.41) is 3.44. The van der Waals surface area contributed by atoms with E-state index in [1.807, 2.05) is 44.3 Å². The first-order valence-electron chi connectivity index (χ1n) is 10.9. The van der Waals surface area contributed by atoms with Crippen molar-refractivity contribution in [3.63, 3.8) is 0 Å².